The minimum atomic E-state index is -0.455. The number of benzene rings is 2. The van der Waals surface area contributed by atoms with Crippen molar-refractivity contribution in [2.75, 3.05) is 0 Å². The standard InChI is InChI=1S/C17H14ClFN2O/c1-3-16-20-15-7-5-11(19)8-13(15)17(22)21(16)12-6-4-10(2)14(18)9-12/h4-9H,3H2,1-2H3. The van der Waals surface area contributed by atoms with Gasteiger partial charge in [0.05, 0.1) is 16.6 Å². The third-order valence-electron chi connectivity index (χ3n) is 3.63. The lowest BCUT2D eigenvalue weighted by atomic mass is 10.2. The number of rotatable bonds is 2. The zero-order valence-electron chi connectivity index (χ0n) is 12.2. The third-order valence-corrected chi connectivity index (χ3v) is 4.04. The average Bonchev–Trinajstić information content (AvgIpc) is 2.50. The van der Waals surface area contributed by atoms with E-state index in [0.717, 1.165) is 5.56 Å². The quantitative estimate of drug-likeness (QED) is 0.715. The molecule has 1 heterocycles. The van der Waals surface area contributed by atoms with Crippen LogP contribution in [-0.4, -0.2) is 9.55 Å². The highest BCUT2D eigenvalue weighted by atomic mass is 35.5. The molecular weight excluding hydrogens is 303 g/mol. The minimum absolute atomic E-state index is 0.258. The number of aromatic nitrogens is 2. The Morgan fingerprint density at radius 2 is 2.00 bits per heavy atom. The first-order valence-corrected chi connectivity index (χ1v) is 7.36. The third kappa shape index (κ3) is 2.40. The average molecular weight is 317 g/mol. The second-order valence-corrected chi connectivity index (χ2v) is 5.52. The molecule has 0 aliphatic heterocycles. The van der Waals surface area contributed by atoms with Gasteiger partial charge < -0.3 is 0 Å². The van der Waals surface area contributed by atoms with Gasteiger partial charge in [0.15, 0.2) is 0 Å². The van der Waals surface area contributed by atoms with E-state index < -0.39 is 5.82 Å². The van der Waals surface area contributed by atoms with Gasteiger partial charge in [-0.3, -0.25) is 9.36 Å². The molecule has 0 saturated carbocycles. The maximum Gasteiger partial charge on any atom is 0.266 e. The van der Waals surface area contributed by atoms with Crippen LogP contribution in [0.5, 0.6) is 0 Å². The van der Waals surface area contributed by atoms with E-state index in [9.17, 15) is 9.18 Å². The molecule has 22 heavy (non-hydrogen) atoms. The first-order valence-electron chi connectivity index (χ1n) is 6.99. The van der Waals surface area contributed by atoms with Crippen LogP contribution in [0.3, 0.4) is 0 Å². The van der Waals surface area contributed by atoms with E-state index in [2.05, 4.69) is 4.98 Å². The Morgan fingerprint density at radius 3 is 2.68 bits per heavy atom. The van der Waals surface area contributed by atoms with Crippen LogP contribution in [-0.2, 0) is 6.42 Å². The summed E-state index contributed by atoms with van der Waals surface area (Å²) in [6.07, 6.45) is 0.577. The summed E-state index contributed by atoms with van der Waals surface area (Å²) in [6.45, 7) is 3.81. The fourth-order valence-electron chi connectivity index (χ4n) is 2.43. The first kappa shape index (κ1) is 14.7. The summed E-state index contributed by atoms with van der Waals surface area (Å²) >= 11 is 6.16. The monoisotopic (exact) mass is 316 g/mol. The van der Waals surface area contributed by atoms with E-state index in [1.807, 2.05) is 26.0 Å². The number of hydrogen-bond acceptors (Lipinski definition) is 2. The lowest BCUT2D eigenvalue weighted by Crippen LogP contribution is -2.23. The fourth-order valence-corrected chi connectivity index (χ4v) is 2.60. The number of fused-ring (bicyclic) bond motifs is 1. The first-order chi connectivity index (χ1) is 10.5. The van der Waals surface area contributed by atoms with E-state index in [1.54, 1.807) is 6.07 Å². The molecule has 3 rings (SSSR count). The van der Waals surface area contributed by atoms with Crippen molar-refractivity contribution < 1.29 is 4.39 Å². The molecule has 0 saturated heterocycles. The molecule has 0 fully saturated rings. The van der Waals surface area contributed by atoms with Gasteiger partial charge >= 0.3 is 0 Å². The van der Waals surface area contributed by atoms with Crippen molar-refractivity contribution in [1.29, 1.82) is 0 Å². The van der Waals surface area contributed by atoms with Crippen LogP contribution < -0.4 is 5.56 Å². The molecule has 0 bridgehead atoms. The second-order valence-electron chi connectivity index (χ2n) is 5.12. The number of halogens is 2. The highest BCUT2D eigenvalue weighted by Gasteiger charge is 2.13. The van der Waals surface area contributed by atoms with Crippen LogP contribution in [0.1, 0.15) is 18.3 Å². The Morgan fingerprint density at radius 1 is 1.23 bits per heavy atom. The summed E-state index contributed by atoms with van der Waals surface area (Å²) in [5.74, 6) is 0.160. The van der Waals surface area contributed by atoms with E-state index in [4.69, 9.17) is 11.6 Å². The Kier molecular flexibility index (Phi) is 3.71. The molecule has 0 aliphatic rings. The lowest BCUT2D eigenvalue weighted by molar-refractivity contribution is 0.629. The fraction of sp³-hybridized carbons (Fsp3) is 0.176. The van der Waals surface area contributed by atoms with Gasteiger partial charge in [0.1, 0.15) is 11.6 Å². The van der Waals surface area contributed by atoms with Gasteiger partial charge in [-0.1, -0.05) is 24.6 Å². The maximum atomic E-state index is 13.5. The van der Waals surface area contributed by atoms with Gasteiger partial charge in [-0.25, -0.2) is 9.37 Å². The van der Waals surface area contributed by atoms with Crippen LogP contribution >= 0.6 is 11.6 Å². The molecular formula is C17H14ClFN2O. The maximum absolute atomic E-state index is 13.5. The van der Waals surface area contributed by atoms with Gasteiger partial charge in [0, 0.05) is 11.4 Å². The zero-order chi connectivity index (χ0) is 15.9. The molecule has 0 aliphatic carbocycles. The molecule has 0 atom stereocenters. The number of nitrogens with zero attached hydrogens (tertiary/aromatic N) is 2. The Bertz CT molecular complexity index is 934. The predicted octanol–water partition coefficient (Wildman–Crippen LogP) is 4.05. The summed E-state index contributed by atoms with van der Waals surface area (Å²) in [5, 5.41) is 0.833. The highest BCUT2D eigenvalue weighted by molar-refractivity contribution is 6.31. The second kappa shape index (κ2) is 5.54. The molecule has 1 aromatic heterocycles. The zero-order valence-corrected chi connectivity index (χ0v) is 13.0. The predicted molar refractivity (Wildman–Crippen MR) is 86.4 cm³/mol. The van der Waals surface area contributed by atoms with Crippen LogP contribution in [0.4, 0.5) is 4.39 Å². The molecule has 3 aromatic rings. The highest BCUT2D eigenvalue weighted by Crippen LogP contribution is 2.20. The molecule has 5 heteroatoms. The van der Waals surface area contributed by atoms with E-state index in [0.29, 0.717) is 28.5 Å². The topological polar surface area (TPSA) is 34.9 Å². The van der Waals surface area contributed by atoms with Crippen molar-refractivity contribution in [3.8, 4) is 5.69 Å². The van der Waals surface area contributed by atoms with Crippen LogP contribution in [0.2, 0.25) is 5.02 Å². The Hall–Kier alpha value is -2.20. The normalized spacial score (nSPS) is 11.1. The number of hydrogen-bond donors (Lipinski definition) is 0. The summed E-state index contributed by atoms with van der Waals surface area (Å²) in [4.78, 5) is 17.2. The summed E-state index contributed by atoms with van der Waals surface area (Å²) in [6, 6.07) is 9.44. The molecule has 0 N–H and O–H groups in total. The van der Waals surface area contributed by atoms with Crippen molar-refractivity contribution in [2.24, 2.45) is 0 Å². The summed E-state index contributed by atoms with van der Waals surface area (Å²) in [5.41, 5.74) is 1.77. The SMILES string of the molecule is CCc1nc2ccc(F)cc2c(=O)n1-c1ccc(C)c(Cl)c1. The van der Waals surface area contributed by atoms with Crippen LogP contribution in [0.15, 0.2) is 41.2 Å². The number of aryl methyl sites for hydroxylation is 2. The minimum Gasteiger partial charge on any atom is -0.268 e. The van der Waals surface area contributed by atoms with Crippen molar-refractivity contribution >= 4 is 22.5 Å². The van der Waals surface area contributed by atoms with Gasteiger partial charge in [0.2, 0.25) is 0 Å². The van der Waals surface area contributed by atoms with Crippen molar-refractivity contribution in [2.45, 2.75) is 20.3 Å². The summed E-state index contributed by atoms with van der Waals surface area (Å²) in [7, 11) is 0. The molecule has 0 amide bonds. The van der Waals surface area contributed by atoms with Crippen molar-refractivity contribution in [1.82, 2.24) is 9.55 Å². The lowest BCUT2D eigenvalue weighted by Gasteiger charge is -2.13. The molecule has 2 aromatic carbocycles. The van der Waals surface area contributed by atoms with Crippen molar-refractivity contribution in [3.63, 3.8) is 0 Å². The Labute approximate surface area is 132 Å². The van der Waals surface area contributed by atoms with Crippen LogP contribution in [0, 0.1) is 12.7 Å². The van der Waals surface area contributed by atoms with E-state index >= 15 is 0 Å². The molecule has 0 spiro atoms. The molecule has 0 unspecified atom stereocenters. The molecule has 112 valence electrons. The van der Waals surface area contributed by atoms with E-state index in [-0.39, 0.29) is 10.9 Å². The molecule has 3 nitrogen and oxygen atoms in total. The van der Waals surface area contributed by atoms with Gasteiger partial charge in [-0.05, 0) is 42.8 Å². The molecule has 0 radical (unpaired) electrons. The van der Waals surface area contributed by atoms with E-state index in [1.165, 1.54) is 22.8 Å². The van der Waals surface area contributed by atoms with Gasteiger partial charge in [0.25, 0.3) is 5.56 Å². The summed E-state index contributed by atoms with van der Waals surface area (Å²) < 4.78 is 14.9. The smallest absolute Gasteiger partial charge is 0.266 e. The Balaban J connectivity index is 2.38. The van der Waals surface area contributed by atoms with Crippen molar-refractivity contribution in [3.05, 3.63) is 69.0 Å². The van der Waals surface area contributed by atoms with Gasteiger partial charge in [-0.2, -0.15) is 0 Å². The largest absolute Gasteiger partial charge is 0.268 e. The van der Waals surface area contributed by atoms with Crippen LogP contribution in [0.25, 0.3) is 16.6 Å². The van der Waals surface area contributed by atoms with Gasteiger partial charge in [-0.15, -0.1) is 0 Å².